The predicted molar refractivity (Wildman–Crippen MR) is 84.8 cm³/mol. The third-order valence-corrected chi connectivity index (χ3v) is 3.88. The van der Waals surface area contributed by atoms with Crippen LogP contribution in [0.5, 0.6) is 5.75 Å². The third-order valence-electron chi connectivity index (χ3n) is 3.88. The molecule has 0 aromatic heterocycles. The summed E-state index contributed by atoms with van der Waals surface area (Å²) >= 11 is 0. The van der Waals surface area contributed by atoms with Crippen molar-refractivity contribution in [3.8, 4) is 5.75 Å². The molecule has 0 atom stereocenters. The number of rotatable bonds is 6. The zero-order chi connectivity index (χ0) is 14.4. The molecule has 4 nitrogen and oxygen atoms in total. The Morgan fingerprint density at radius 1 is 1.10 bits per heavy atom. The molecule has 1 aromatic rings. The molecule has 1 aliphatic heterocycles. The molecule has 0 spiro atoms. The second-order valence-corrected chi connectivity index (χ2v) is 5.66. The van der Waals surface area contributed by atoms with Crippen molar-refractivity contribution in [2.75, 3.05) is 65.4 Å². The Morgan fingerprint density at radius 3 is 2.45 bits per heavy atom. The van der Waals surface area contributed by atoms with Gasteiger partial charge < -0.3 is 14.5 Å². The van der Waals surface area contributed by atoms with Gasteiger partial charge in [0, 0.05) is 26.2 Å². The number of hydrogen-bond acceptors (Lipinski definition) is 4. The fourth-order valence-corrected chi connectivity index (χ4v) is 2.71. The molecule has 4 heteroatoms. The summed E-state index contributed by atoms with van der Waals surface area (Å²) in [4.78, 5) is 7.25. The summed E-state index contributed by atoms with van der Waals surface area (Å²) in [6.07, 6.45) is 1.25. The van der Waals surface area contributed by atoms with Crippen LogP contribution in [-0.2, 0) is 0 Å². The molecule has 1 aliphatic rings. The van der Waals surface area contributed by atoms with Gasteiger partial charge in [-0.05, 0) is 45.7 Å². The lowest BCUT2D eigenvalue weighted by Crippen LogP contribution is -2.47. The zero-order valence-electron chi connectivity index (χ0n) is 13.0. The maximum Gasteiger partial charge on any atom is 0.142 e. The minimum Gasteiger partial charge on any atom is -0.495 e. The molecule has 0 unspecified atom stereocenters. The molecule has 0 bridgehead atoms. The Bertz CT molecular complexity index is 400. The maximum atomic E-state index is 5.46. The number of piperazine rings is 1. The van der Waals surface area contributed by atoms with Crippen molar-refractivity contribution < 1.29 is 4.74 Å². The normalized spacial score (nSPS) is 16.7. The SMILES string of the molecule is COc1ccccc1N1CCN(CCCN(C)C)CC1. The van der Waals surface area contributed by atoms with Crippen molar-refractivity contribution in [2.45, 2.75) is 6.42 Å². The fraction of sp³-hybridized carbons (Fsp3) is 0.625. The van der Waals surface area contributed by atoms with E-state index in [9.17, 15) is 0 Å². The lowest BCUT2D eigenvalue weighted by Gasteiger charge is -2.36. The van der Waals surface area contributed by atoms with Gasteiger partial charge in [-0.2, -0.15) is 0 Å². The molecule has 1 heterocycles. The highest BCUT2D eigenvalue weighted by molar-refractivity contribution is 5.58. The van der Waals surface area contributed by atoms with Gasteiger partial charge in [0.2, 0.25) is 0 Å². The molecule has 0 radical (unpaired) electrons. The van der Waals surface area contributed by atoms with E-state index in [0.717, 1.165) is 31.9 Å². The molecule has 0 aliphatic carbocycles. The first-order valence-corrected chi connectivity index (χ1v) is 7.46. The van der Waals surface area contributed by atoms with Crippen molar-refractivity contribution >= 4 is 5.69 Å². The summed E-state index contributed by atoms with van der Waals surface area (Å²) in [6.45, 7) is 6.84. The lowest BCUT2D eigenvalue weighted by molar-refractivity contribution is 0.241. The van der Waals surface area contributed by atoms with Crippen LogP contribution in [0.3, 0.4) is 0 Å². The predicted octanol–water partition coefficient (Wildman–Crippen LogP) is 1.77. The van der Waals surface area contributed by atoms with E-state index >= 15 is 0 Å². The van der Waals surface area contributed by atoms with E-state index in [-0.39, 0.29) is 0 Å². The Balaban J connectivity index is 1.82. The third kappa shape index (κ3) is 4.12. The van der Waals surface area contributed by atoms with Gasteiger partial charge >= 0.3 is 0 Å². The maximum absolute atomic E-state index is 5.46. The summed E-state index contributed by atoms with van der Waals surface area (Å²) < 4.78 is 5.46. The molecule has 1 aromatic carbocycles. The summed E-state index contributed by atoms with van der Waals surface area (Å²) in [5.74, 6) is 0.980. The summed E-state index contributed by atoms with van der Waals surface area (Å²) in [6, 6.07) is 8.31. The van der Waals surface area contributed by atoms with E-state index in [1.807, 2.05) is 12.1 Å². The standard InChI is InChI=1S/C16H27N3O/c1-17(2)9-6-10-18-11-13-19(14-12-18)15-7-4-5-8-16(15)20-3/h4-5,7-8H,6,9-14H2,1-3H3. The highest BCUT2D eigenvalue weighted by Gasteiger charge is 2.18. The fourth-order valence-electron chi connectivity index (χ4n) is 2.71. The van der Waals surface area contributed by atoms with Gasteiger partial charge in [-0.3, -0.25) is 4.90 Å². The van der Waals surface area contributed by atoms with E-state index in [1.165, 1.54) is 25.2 Å². The smallest absolute Gasteiger partial charge is 0.142 e. The molecular weight excluding hydrogens is 250 g/mol. The van der Waals surface area contributed by atoms with Gasteiger partial charge in [0.15, 0.2) is 0 Å². The quantitative estimate of drug-likeness (QED) is 0.789. The Kier molecular flexibility index (Phi) is 5.68. The van der Waals surface area contributed by atoms with Gasteiger partial charge in [-0.15, -0.1) is 0 Å². The first-order chi connectivity index (χ1) is 9.70. The minimum atomic E-state index is 0.980. The van der Waals surface area contributed by atoms with Crippen molar-refractivity contribution in [1.29, 1.82) is 0 Å². The second kappa shape index (κ2) is 7.50. The van der Waals surface area contributed by atoms with Crippen molar-refractivity contribution in [3.63, 3.8) is 0 Å². The lowest BCUT2D eigenvalue weighted by atomic mass is 10.2. The van der Waals surface area contributed by atoms with Crippen LogP contribution in [0.1, 0.15) is 6.42 Å². The number of hydrogen-bond donors (Lipinski definition) is 0. The van der Waals surface area contributed by atoms with E-state index in [0.29, 0.717) is 0 Å². The first kappa shape index (κ1) is 15.1. The van der Waals surface area contributed by atoms with Gasteiger partial charge in [0.1, 0.15) is 5.75 Å². The number of methoxy groups -OCH3 is 1. The Morgan fingerprint density at radius 2 is 1.80 bits per heavy atom. The largest absolute Gasteiger partial charge is 0.495 e. The number of nitrogens with zero attached hydrogens (tertiary/aromatic N) is 3. The second-order valence-electron chi connectivity index (χ2n) is 5.66. The van der Waals surface area contributed by atoms with E-state index in [2.05, 4.69) is 40.9 Å². The Hall–Kier alpha value is -1.26. The molecule has 0 amide bonds. The van der Waals surface area contributed by atoms with Crippen LogP contribution in [0, 0.1) is 0 Å². The number of para-hydroxylation sites is 2. The van der Waals surface area contributed by atoms with Gasteiger partial charge in [-0.1, -0.05) is 12.1 Å². The summed E-state index contributed by atoms with van der Waals surface area (Å²) in [5.41, 5.74) is 1.22. The topological polar surface area (TPSA) is 19.0 Å². The van der Waals surface area contributed by atoms with Crippen LogP contribution in [0.2, 0.25) is 0 Å². The van der Waals surface area contributed by atoms with Crippen molar-refractivity contribution in [1.82, 2.24) is 9.80 Å². The first-order valence-electron chi connectivity index (χ1n) is 7.46. The molecule has 0 saturated carbocycles. The van der Waals surface area contributed by atoms with E-state index in [1.54, 1.807) is 7.11 Å². The van der Waals surface area contributed by atoms with Crippen LogP contribution < -0.4 is 9.64 Å². The zero-order valence-corrected chi connectivity index (χ0v) is 13.0. The highest BCUT2D eigenvalue weighted by Crippen LogP contribution is 2.28. The van der Waals surface area contributed by atoms with E-state index < -0.39 is 0 Å². The van der Waals surface area contributed by atoms with Crippen LogP contribution in [0.25, 0.3) is 0 Å². The summed E-state index contributed by atoms with van der Waals surface area (Å²) in [7, 11) is 6.02. The molecule has 112 valence electrons. The Labute approximate surface area is 122 Å². The number of ether oxygens (including phenoxy) is 1. The van der Waals surface area contributed by atoms with Crippen molar-refractivity contribution in [2.24, 2.45) is 0 Å². The average molecular weight is 277 g/mol. The van der Waals surface area contributed by atoms with Gasteiger partial charge in [0.05, 0.1) is 12.8 Å². The molecule has 1 saturated heterocycles. The average Bonchev–Trinajstić information content (AvgIpc) is 2.47. The molecule has 2 rings (SSSR count). The minimum absolute atomic E-state index is 0.980. The highest BCUT2D eigenvalue weighted by atomic mass is 16.5. The molecule has 0 N–H and O–H groups in total. The molecule has 20 heavy (non-hydrogen) atoms. The molecule has 1 fully saturated rings. The van der Waals surface area contributed by atoms with Crippen LogP contribution in [-0.4, -0.2) is 70.3 Å². The van der Waals surface area contributed by atoms with Crippen LogP contribution in [0.4, 0.5) is 5.69 Å². The van der Waals surface area contributed by atoms with Gasteiger partial charge in [0.25, 0.3) is 0 Å². The number of anilines is 1. The number of benzene rings is 1. The molecular formula is C16H27N3O. The van der Waals surface area contributed by atoms with E-state index in [4.69, 9.17) is 4.74 Å². The monoisotopic (exact) mass is 277 g/mol. The van der Waals surface area contributed by atoms with Crippen LogP contribution in [0.15, 0.2) is 24.3 Å². The van der Waals surface area contributed by atoms with Gasteiger partial charge in [-0.25, -0.2) is 0 Å². The van der Waals surface area contributed by atoms with Crippen molar-refractivity contribution in [3.05, 3.63) is 24.3 Å². The van der Waals surface area contributed by atoms with Crippen LogP contribution >= 0.6 is 0 Å². The summed E-state index contributed by atoms with van der Waals surface area (Å²) in [5, 5.41) is 0.